The van der Waals surface area contributed by atoms with Gasteiger partial charge in [-0.3, -0.25) is 9.59 Å². The number of aliphatic carboxylic acids is 1. The molecule has 0 unspecified atom stereocenters. The number of carboxylic acid groups (broad SMARTS) is 1. The van der Waals surface area contributed by atoms with Crippen LogP contribution in [0.5, 0.6) is 0 Å². The molecule has 1 amide bonds. The largest absolute Gasteiger partial charge is 0.480 e. The van der Waals surface area contributed by atoms with E-state index in [0.717, 1.165) is 16.5 Å². The summed E-state index contributed by atoms with van der Waals surface area (Å²) in [7, 11) is 0. The average Bonchev–Trinajstić information content (AvgIpc) is 2.87. The van der Waals surface area contributed by atoms with Gasteiger partial charge in [-0.1, -0.05) is 18.2 Å². The first-order valence-corrected chi connectivity index (χ1v) is 6.84. The molecular weight excluding hydrogens is 270 g/mol. The number of likely N-dealkylation sites (N-methyl/N-ethyl adjacent to an activating group) is 1. The van der Waals surface area contributed by atoms with Gasteiger partial charge >= 0.3 is 5.97 Å². The maximum absolute atomic E-state index is 12.2. The Bertz CT molecular complexity index is 650. The average molecular weight is 289 g/mol. The summed E-state index contributed by atoms with van der Waals surface area (Å²) in [5.74, 6) is -1.38. The number of hydrogen-bond acceptors (Lipinski definition) is 3. The minimum Gasteiger partial charge on any atom is -0.480 e. The van der Waals surface area contributed by atoms with Crippen LogP contribution in [0.1, 0.15) is 12.5 Å². The summed E-state index contributed by atoms with van der Waals surface area (Å²) in [6.07, 6.45) is 2.21. The summed E-state index contributed by atoms with van der Waals surface area (Å²) < 4.78 is 0. The van der Waals surface area contributed by atoms with Gasteiger partial charge < -0.3 is 20.7 Å². The van der Waals surface area contributed by atoms with Crippen molar-refractivity contribution in [2.24, 2.45) is 5.73 Å². The number of aromatic nitrogens is 1. The molecule has 21 heavy (non-hydrogen) atoms. The van der Waals surface area contributed by atoms with Crippen molar-refractivity contribution in [3.8, 4) is 0 Å². The van der Waals surface area contributed by atoms with Gasteiger partial charge in [0.25, 0.3) is 0 Å². The fourth-order valence-electron chi connectivity index (χ4n) is 2.37. The molecular formula is C15H19N3O3. The van der Waals surface area contributed by atoms with Gasteiger partial charge in [-0.05, 0) is 25.0 Å². The molecule has 6 heteroatoms. The summed E-state index contributed by atoms with van der Waals surface area (Å²) in [5.41, 5.74) is 7.90. The Morgan fingerprint density at radius 2 is 2.10 bits per heavy atom. The second-order valence-corrected chi connectivity index (χ2v) is 4.92. The summed E-state index contributed by atoms with van der Waals surface area (Å²) in [6, 6.07) is 7.03. The summed E-state index contributed by atoms with van der Waals surface area (Å²) in [5, 5.41) is 9.83. The SMILES string of the molecule is CCN(CC(=O)O)C(=O)[C@H](N)Cc1c[nH]c2ccccc12. The highest BCUT2D eigenvalue weighted by atomic mass is 16.4. The number of carbonyl (C=O) groups excluding carboxylic acids is 1. The van der Waals surface area contributed by atoms with Crippen LogP contribution in [-0.2, 0) is 16.0 Å². The third kappa shape index (κ3) is 3.41. The molecule has 1 aromatic carbocycles. The predicted molar refractivity (Wildman–Crippen MR) is 79.9 cm³/mol. The number of nitrogens with one attached hydrogen (secondary N) is 1. The van der Waals surface area contributed by atoms with Gasteiger partial charge in [-0.15, -0.1) is 0 Å². The van der Waals surface area contributed by atoms with Crippen LogP contribution in [-0.4, -0.2) is 46.0 Å². The van der Waals surface area contributed by atoms with E-state index in [-0.39, 0.29) is 12.5 Å². The number of aromatic amines is 1. The minimum atomic E-state index is -1.04. The van der Waals surface area contributed by atoms with Gasteiger partial charge in [-0.2, -0.15) is 0 Å². The van der Waals surface area contributed by atoms with Gasteiger partial charge in [0.15, 0.2) is 0 Å². The first kappa shape index (κ1) is 15.1. The van der Waals surface area contributed by atoms with E-state index in [1.54, 1.807) is 6.92 Å². The number of rotatable bonds is 6. The van der Waals surface area contributed by atoms with Crippen molar-refractivity contribution in [1.29, 1.82) is 0 Å². The number of amides is 1. The Kier molecular flexibility index (Phi) is 4.59. The van der Waals surface area contributed by atoms with Crippen molar-refractivity contribution in [2.75, 3.05) is 13.1 Å². The van der Waals surface area contributed by atoms with Crippen molar-refractivity contribution < 1.29 is 14.7 Å². The molecule has 112 valence electrons. The normalized spacial score (nSPS) is 12.3. The van der Waals surface area contributed by atoms with E-state index in [9.17, 15) is 9.59 Å². The molecule has 2 rings (SSSR count). The summed E-state index contributed by atoms with van der Waals surface area (Å²) >= 11 is 0. The first-order chi connectivity index (χ1) is 10.0. The van der Waals surface area contributed by atoms with Gasteiger partial charge in [0.1, 0.15) is 6.54 Å². The lowest BCUT2D eigenvalue weighted by Gasteiger charge is -2.22. The molecule has 6 nitrogen and oxygen atoms in total. The van der Waals surface area contributed by atoms with E-state index in [2.05, 4.69) is 4.98 Å². The lowest BCUT2D eigenvalue weighted by Crippen LogP contribution is -2.46. The van der Waals surface area contributed by atoms with Crippen molar-refractivity contribution >= 4 is 22.8 Å². The lowest BCUT2D eigenvalue weighted by molar-refractivity contribution is -0.144. The number of nitrogens with two attached hydrogens (primary N) is 1. The van der Waals surface area contributed by atoms with Crippen LogP contribution >= 0.6 is 0 Å². The molecule has 0 saturated carbocycles. The standard InChI is InChI=1S/C15H19N3O3/c1-2-18(9-14(19)20)15(21)12(16)7-10-8-17-13-6-4-3-5-11(10)13/h3-6,8,12,17H,2,7,9,16H2,1H3,(H,19,20)/t12-/m1/s1. The second kappa shape index (κ2) is 6.41. The van der Waals surface area contributed by atoms with Crippen molar-refractivity contribution in [3.63, 3.8) is 0 Å². The van der Waals surface area contributed by atoms with Crippen molar-refractivity contribution in [1.82, 2.24) is 9.88 Å². The number of fused-ring (bicyclic) bond motifs is 1. The third-order valence-corrected chi connectivity index (χ3v) is 3.45. The maximum Gasteiger partial charge on any atom is 0.323 e. The summed E-state index contributed by atoms with van der Waals surface area (Å²) in [4.78, 5) is 27.3. The van der Waals surface area contributed by atoms with E-state index in [0.29, 0.717) is 13.0 Å². The van der Waals surface area contributed by atoms with Crippen LogP contribution in [0.2, 0.25) is 0 Å². The highest BCUT2D eigenvalue weighted by Crippen LogP contribution is 2.19. The molecule has 0 saturated heterocycles. The van der Waals surface area contributed by atoms with Crippen molar-refractivity contribution in [3.05, 3.63) is 36.0 Å². The third-order valence-electron chi connectivity index (χ3n) is 3.45. The number of carboxylic acids is 1. The van der Waals surface area contributed by atoms with E-state index in [1.165, 1.54) is 4.90 Å². The summed E-state index contributed by atoms with van der Waals surface area (Å²) in [6.45, 7) is 1.74. The van der Waals surface area contributed by atoms with E-state index < -0.39 is 12.0 Å². The van der Waals surface area contributed by atoms with Gasteiger partial charge in [-0.25, -0.2) is 0 Å². The topological polar surface area (TPSA) is 99.4 Å². The number of para-hydroxylation sites is 1. The molecule has 0 radical (unpaired) electrons. The number of benzene rings is 1. The van der Waals surface area contributed by atoms with Gasteiger partial charge in [0.05, 0.1) is 6.04 Å². The minimum absolute atomic E-state index is 0.323. The smallest absolute Gasteiger partial charge is 0.323 e. The lowest BCUT2D eigenvalue weighted by atomic mass is 10.0. The maximum atomic E-state index is 12.2. The number of nitrogens with zero attached hydrogens (tertiary/aromatic N) is 1. The van der Waals surface area contributed by atoms with Crippen LogP contribution in [0.15, 0.2) is 30.5 Å². The van der Waals surface area contributed by atoms with E-state index in [4.69, 9.17) is 10.8 Å². The predicted octanol–water partition coefficient (Wildman–Crippen LogP) is 0.971. The molecule has 0 aliphatic carbocycles. The zero-order valence-corrected chi connectivity index (χ0v) is 11.9. The van der Waals surface area contributed by atoms with Crippen LogP contribution < -0.4 is 5.73 Å². The van der Waals surface area contributed by atoms with Crippen molar-refractivity contribution in [2.45, 2.75) is 19.4 Å². The molecule has 0 spiro atoms. The van der Waals surface area contributed by atoms with E-state index >= 15 is 0 Å². The van der Waals surface area contributed by atoms with E-state index in [1.807, 2.05) is 30.5 Å². The van der Waals surface area contributed by atoms with Crippen LogP contribution in [0.25, 0.3) is 10.9 Å². The Labute approximate surface area is 122 Å². The zero-order chi connectivity index (χ0) is 15.4. The zero-order valence-electron chi connectivity index (χ0n) is 11.9. The number of carbonyl (C=O) groups is 2. The Hall–Kier alpha value is -2.34. The monoisotopic (exact) mass is 289 g/mol. The molecule has 0 aliphatic rings. The quantitative estimate of drug-likeness (QED) is 0.737. The van der Waals surface area contributed by atoms with Gasteiger partial charge in [0.2, 0.25) is 5.91 Å². The molecule has 1 heterocycles. The molecule has 1 atom stereocenters. The highest BCUT2D eigenvalue weighted by Gasteiger charge is 2.22. The molecule has 1 aromatic heterocycles. The molecule has 0 aliphatic heterocycles. The van der Waals surface area contributed by atoms with Crippen LogP contribution in [0.3, 0.4) is 0 Å². The molecule has 0 fully saturated rings. The van der Waals surface area contributed by atoms with Crippen LogP contribution in [0, 0.1) is 0 Å². The number of hydrogen-bond donors (Lipinski definition) is 3. The Morgan fingerprint density at radius 1 is 1.38 bits per heavy atom. The Balaban J connectivity index is 2.11. The Morgan fingerprint density at radius 3 is 2.76 bits per heavy atom. The van der Waals surface area contributed by atoms with Crippen LogP contribution in [0.4, 0.5) is 0 Å². The number of H-pyrrole nitrogens is 1. The second-order valence-electron chi connectivity index (χ2n) is 4.92. The first-order valence-electron chi connectivity index (χ1n) is 6.84. The molecule has 4 N–H and O–H groups in total. The highest BCUT2D eigenvalue weighted by molar-refractivity contribution is 5.87. The van der Waals surface area contributed by atoms with Gasteiger partial charge in [0, 0.05) is 23.6 Å². The molecule has 0 bridgehead atoms. The molecule has 2 aromatic rings. The fraction of sp³-hybridized carbons (Fsp3) is 0.333. The fourth-order valence-corrected chi connectivity index (χ4v) is 2.37.